The van der Waals surface area contributed by atoms with Crippen LogP contribution in [-0.2, 0) is 4.79 Å². The van der Waals surface area contributed by atoms with Gasteiger partial charge in [0.2, 0.25) is 5.91 Å². The fourth-order valence-corrected chi connectivity index (χ4v) is 3.40. The molecule has 1 aliphatic heterocycles. The van der Waals surface area contributed by atoms with Gasteiger partial charge >= 0.3 is 0 Å². The third kappa shape index (κ3) is 4.10. The Labute approximate surface area is 135 Å². The number of amides is 1. The van der Waals surface area contributed by atoms with Crippen LogP contribution in [0.4, 0.5) is 5.69 Å². The molecule has 0 aliphatic carbocycles. The highest BCUT2D eigenvalue weighted by Gasteiger charge is 2.30. The number of likely N-dealkylation sites (tertiary alicyclic amines) is 1. The molecule has 3 nitrogen and oxygen atoms in total. The van der Waals surface area contributed by atoms with E-state index in [2.05, 4.69) is 57.0 Å². The van der Waals surface area contributed by atoms with E-state index < -0.39 is 0 Å². The number of nitrogens with one attached hydrogen (secondary N) is 1. The Morgan fingerprint density at radius 1 is 1.27 bits per heavy atom. The normalized spacial score (nSPS) is 18.9. The standard InChI is InChI=1S/C19H30N2O/c1-13(2)8-10-21-9-6-7-17(21)19(22)20-18-15(4)11-14(3)12-16(18)5/h11-13,17H,6-10H2,1-5H3,(H,20,22)/t17-/m1/s1. The number of aryl methyl sites for hydroxylation is 3. The number of nitrogens with zero attached hydrogens (tertiary/aromatic N) is 1. The molecule has 1 amide bonds. The molecule has 0 radical (unpaired) electrons. The zero-order valence-electron chi connectivity index (χ0n) is 14.7. The van der Waals surface area contributed by atoms with Crippen LogP contribution in [0, 0.1) is 26.7 Å². The van der Waals surface area contributed by atoms with Crippen molar-refractivity contribution in [2.24, 2.45) is 5.92 Å². The van der Waals surface area contributed by atoms with E-state index in [-0.39, 0.29) is 11.9 Å². The summed E-state index contributed by atoms with van der Waals surface area (Å²) in [5.74, 6) is 0.849. The average Bonchev–Trinajstić information content (AvgIpc) is 2.88. The first-order valence-electron chi connectivity index (χ1n) is 8.51. The summed E-state index contributed by atoms with van der Waals surface area (Å²) in [7, 11) is 0. The number of hydrogen-bond acceptors (Lipinski definition) is 2. The average molecular weight is 302 g/mol. The number of carbonyl (C=O) groups is 1. The van der Waals surface area contributed by atoms with E-state index in [0.29, 0.717) is 5.92 Å². The number of anilines is 1. The molecule has 1 N–H and O–H groups in total. The molecule has 22 heavy (non-hydrogen) atoms. The first-order valence-corrected chi connectivity index (χ1v) is 8.51. The third-order valence-electron chi connectivity index (χ3n) is 4.59. The van der Waals surface area contributed by atoms with E-state index in [1.165, 1.54) is 5.56 Å². The monoisotopic (exact) mass is 302 g/mol. The van der Waals surface area contributed by atoms with Crippen molar-refractivity contribution in [1.29, 1.82) is 0 Å². The summed E-state index contributed by atoms with van der Waals surface area (Å²) in [4.78, 5) is 15.1. The van der Waals surface area contributed by atoms with Crippen LogP contribution in [0.3, 0.4) is 0 Å². The van der Waals surface area contributed by atoms with Gasteiger partial charge in [0.05, 0.1) is 6.04 Å². The van der Waals surface area contributed by atoms with Gasteiger partial charge in [-0.15, -0.1) is 0 Å². The van der Waals surface area contributed by atoms with Gasteiger partial charge < -0.3 is 5.32 Å². The maximum absolute atomic E-state index is 12.7. The number of rotatable bonds is 5. The number of carbonyl (C=O) groups excluding carboxylic acids is 1. The van der Waals surface area contributed by atoms with Crippen LogP contribution in [0.15, 0.2) is 12.1 Å². The lowest BCUT2D eigenvalue weighted by molar-refractivity contribution is -0.120. The van der Waals surface area contributed by atoms with Crippen molar-refractivity contribution in [2.75, 3.05) is 18.4 Å². The van der Waals surface area contributed by atoms with Gasteiger partial charge in [0.1, 0.15) is 0 Å². The lowest BCUT2D eigenvalue weighted by Gasteiger charge is -2.25. The van der Waals surface area contributed by atoms with Gasteiger partial charge in [-0.3, -0.25) is 9.69 Å². The summed E-state index contributed by atoms with van der Waals surface area (Å²) < 4.78 is 0. The molecule has 1 fully saturated rings. The van der Waals surface area contributed by atoms with E-state index >= 15 is 0 Å². The zero-order valence-corrected chi connectivity index (χ0v) is 14.7. The fourth-order valence-electron chi connectivity index (χ4n) is 3.40. The Morgan fingerprint density at radius 2 is 1.91 bits per heavy atom. The van der Waals surface area contributed by atoms with Gasteiger partial charge in [-0.05, 0) is 70.2 Å². The van der Waals surface area contributed by atoms with Gasteiger partial charge in [-0.1, -0.05) is 31.5 Å². The zero-order chi connectivity index (χ0) is 16.3. The van der Waals surface area contributed by atoms with E-state index in [1.807, 2.05) is 0 Å². The Bertz CT molecular complexity index is 513. The molecule has 122 valence electrons. The van der Waals surface area contributed by atoms with Gasteiger partial charge in [-0.2, -0.15) is 0 Å². The minimum Gasteiger partial charge on any atom is -0.324 e. The summed E-state index contributed by atoms with van der Waals surface area (Å²) in [5.41, 5.74) is 4.54. The van der Waals surface area contributed by atoms with Crippen molar-refractivity contribution in [2.45, 2.75) is 59.9 Å². The number of hydrogen-bond donors (Lipinski definition) is 1. The van der Waals surface area contributed by atoms with Crippen molar-refractivity contribution >= 4 is 11.6 Å². The lowest BCUT2D eigenvalue weighted by Crippen LogP contribution is -2.40. The van der Waals surface area contributed by atoms with Crippen molar-refractivity contribution in [3.8, 4) is 0 Å². The Balaban J connectivity index is 2.05. The molecule has 1 aromatic rings. The first-order chi connectivity index (χ1) is 10.4. The maximum Gasteiger partial charge on any atom is 0.241 e. The molecule has 0 unspecified atom stereocenters. The highest BCUT2D eigenvalue weighted by Crippen LogP contribution is 2.25. The van der Waals surface area contributed by atoms with Crippen molar-refractivity contribution in [3.63, 3.8) is 0 Å². The molecular weight excluding hydrogens is 272 g/mol. The Morgan fingerprint density at radius 3 is 2.50 bits per heavy atom. The van der Waals surface area contributed by atoms with E-state index in [0.717, 1.165) is 49.2 Å². The Kier molecular flexibility index (Phi) is 5.63. The molecule has 2 rings (SSSR count). The molecule has 1 aliphatic rings. The van der Waals surface area contributed by atoms with Crippen LogP contribution in [-0.4, -0.2) is 29.9 Å². The van der Waals surface area contributed by atoms with Crippen LogP contribution in [0.1, 0.15) is 49.8 Å². The van der Waals surface area contributed by atoms with Crippen molar-refractivity contribution in [1.82, 2.24) is 4.90 Å². The Hall–Kier alpha value is -1.35. The van der Waals surface area contributed by atoms with Crippen LogP contribution < -0.4 is 5.32 Å². The molecule has 1 saturated heterocycles. The smallest absolute Gasteiger partial charge is 0.241 e. The van der Waals surface area contributed by atoms with E-state index in [9.17, 15) is 4.79 Å². The summed E-state index contributed by atoms with van der Waals surface area (Å²) in [5, 5.41) is 3.18. The second-order valence-electron chi connectivity index (χ2n) is 7.14. The second-order valence-corrected chi connectivity index (χ2v) is 7.14. The third-order valence-corrected chi connectivity index (χ3v) is 4.59. The van der Waals surface area contributed by atoms with Crippen molar-refractivity contribution < 1.29 is 4.79 Å². The number of benzene rings is 1. The predicted octanol–water partition coefficient (Wildman–Crippen LogP) is 4.06. The minimum absolute atomic E-state index is 0.0406. The van der Waals surface area contributed by atoms with Crippen LogP contribution in [0.2, 0.25) is 0 Å². The highest BCUT2D eigenvalue weighted by molar-refractivity contribution is 5.96. The van der Waals surface area contributed by atoms with Gasteiger partial charge in [0.15, 0.2) is 0 Å². The van der Waals surface area contributed by atoms with Crippen molar-refractivity contribution in [3.05, 3.63) is 28.8 Å². The van der Waals surface area contributed by atoms with E-state index in [1.54, 1.807) is 0 Å². The lowest BCUT2D eigenvalue weighted by atomic mass is 10.0. The fraction of sp³-hybridized carbons (Fsp3) is 0.632. The molecule has 0 saturated carbocycles. The molecule has 1 aromatic carbocycles. The van der Waals surface area contributed by atoms with Crippen LogP contribution in [0.25, 0.3) is 0 Å². The summed E-state index contributed by atoms with van der Waals surface area (Å²) in [6.45, 7) is 12.8. The topological polar surface area (TPSA) is 32.3 Å². The largest absolute Gasteiger partial charge is 0.324 e. The molecule has 3 heteroatoms. The van der Waals surface area contributed by atoms with E-state index in [4.69, 9.17) is 0 Å². The van der Waals surface area contributed by atoms with Gasteiger partial charge in [0, 0.05) is 5.69 Å². The predicted molar refractivity (Wildman–Crippen MR) is 93.3 cm³/mol. The maximum atomic E-state index is 12.7. The molecule has 0 spiro atoms. The van der Waals surface area contributed by atoms with Gasteiger partial charge in [-0.25, -0.2) is 0 Å². The molecule has 1 atom stereocenters. The summed E-state index contributed by atoms with van der Waals surface area (Å²) >= 11 is 0. The van der Waals surface area contributed by atoms with Crippen LogP contribution in [0.5, 0.6) is 0 Å². The molecule has 1 heterocycles. The molecular formula is C19H30N2O. The van der Waals surface area contributed by atoms with Crippen LogP contribution >= 0.6 is 0 Å². The summed E-state index contributed by atoms with van der Waals surface area (Å²) in [6.07, 6.45) is 3.27. The molecule has 0 aromatic heterocycles. The first kappa shape index (κ1) is 17.0. The SMILES string of the molecule is Cc1cc(C)c(NC(=O)[C@H]2CCCN2CCC(C)C)c(C)c1. The quantitative estimate of drug-likeness (QED) is 0.889. The van der Waals surface area contributed by atoms with Gasteiger partial charge in [0.25, 0.3) is 0 Å². The second kappa shape index (κ2) is 7.28. The summed E-state index contributed by atoms with van der Waals surface area (Å²) in [6, 6.07) is 4.31. The minimum atomic E-state index is 0.0406. The highest BCUT2D eigenvalue weighted by atomic mass is 16.2. The molecule has 0 bridgehead atoms.